The van der Waals surface area contributed by atoms with E-state index in [1.807, 2.05) is 23.7 Å². The lowest BCUT2D eigenvalue weighted by molar-refractivity contribution is -0.135. The molecule has 106 valence electrons. The first-order chi connectivity index (χ1) is 9.63. The van der Waals surface area contributed by atoms with Crippen LogP contribution < -0.4 is 0 Å². The van der Waals surface area contributed by atoms with Crippen molar-refractivity contribution in [3.05, 3.63) is 33.5 Å². The van der Waals surface area contributed by atoms with Gasteiger partial charge in [0.25, 0.3) is 0 Å². The summed E-state index contributed by atoms with van der Waals surface area (Å²) in [5, 5.41) is 7.93. The summed E-state index contributed by atoms with van der Waals surface area (Å²) in [6, 6.07) is 3.83. The number of aryl methyl sites for hydroxylation is 1. The molecule has 1 aliphatic heterocycles. The molecule has 2 aromatic heterocycles. The maximum absolute atomic E-state index is 12.5. The van der Waals surface area contributed by atoms with Crippen molar-refractivity contribution in [2.24, 2.45) is 5.92 Å². The van der Waals surface area contributed by atoms with E-state index in [1.54, 1.807) is 11.2 Å². The number of rotatable bonds is 3. The Labute approximate surface area is 126 Å². The quantitative estimate of drug-likeness (QED) is 0.873. The van der Waals surface area contributed by atoms with E-state index < -0.39 is 0 Å². The van der Waals surface area contributed by atoms with E-state index in [-0.39, 0.29) is 11.8 Å². The topological polar surface area (TPSA) is 51.0 Å². The van der Waals surface area contributed by atoms with Gasteiger partial charge in [0.15, 0.2) is 0 Å². The molecule has 1 aliphatic rings. The molecule has 7 heteroatoms. The minimum absolute atomic E-state index is 0.0129. The molecule has 20 heavy (non-hydrogen) atoms. The van der Waals surface area contributed by atoms with Gasteiger partial charge in [0, 0.05) is 24.9 Å². The van der Waals surface area contributed by atoms with Gasteiger partial charge in [-0.25, -0.2) is 0 Å². The molecule has 0 N–H and O–H groups in total. The molecule has 1 atom stereocenters. The fourth-order valence-corrected chi connectivity index (χ4v) is 3.66. The molecule has 0 saturated heterocycles. The molecule has 0 spiro atoms. The van der Waals surface area contributed by atoms with Crippen molar-refractivity contribution < 1.29 is 4.79 Å². The van der Waals surface area contributed by atoms with E-state index >= 15 is 0 Å². The fraction of sp³-hybridized carbons (Fsp3) is 0.462. The van der Waals surface area contributed by atoms with Gasteiger partial charge in [-0.2, -0.15) is 0 Å². The number of halogens is 1. The van der Waals surface area contributed by atoms with E-state index in [4.69, 9.17) is 11.6 Å². The lowest BCUT2D eigenvalue weighted by atomic mass is 9.98. The highest BCUT2D eigenvalue weighted by Gasteiger charge is 2.27. The van der Waals surface area contributed by atoms with Gasteiger partial charge in [-0.3, -0.25) is 4.79 Å². The molecule has 2 aromatic rings. The highest BCUT2D eigenvalue weighted by atomic mass is 35.5. The summed E-state index contributed by atoms with van der Waals surface area (Å²) in [5.74, 6) is 1.16. The Morgan fingerprint density at radius 3 is 3.20 bits per heavy atom. The number of amides is 1. The van der Waals surface area contributed by atoms with Gasteiger partial charge in [0.1, 0.15) is 12.2 Å². The van der Waals surface area contributed by atoms with Crippen molar-refractivity contribution in [2.75, 3.05) is 7.05 Å². The minimum atomic E-state index is 0.0129. The summed E-state index contributed by atoms with van der Waals surface area (Å²) in [5.41, 5.74) is 0. The van der Waals surface area contributed by atoms with Gasteiger partial charge in [-0.05, 0) is 18.6 Å². The number of carbonyl (C=O) groups excluding carboxylic acids is 1. The van der Waals surface area contributed by atoms with E-state index in [9.17, 15) is 4.79 Å². The zero-order valence-corrected chi connectivity index (χ0v) is 12.7. The Kier molecular flexibility index (Phi) is 3.76. The molecule has 5 nitrogen and oxygen atoms in total. The number of fused-ring (bicyclic) bond motifs is 1. The average Bonchev–Trinajstić information content (AvgIpc) is 3.05. The van der Waals surface area contributed by atoms with Gasteiger partial charge in [0.05, 0.1) is 16.8 Å². The first kappa shape index (κ1) is 13.6. The number of hydrogen-bond acceptors (Lipinski definition) is 4. The second-order valence-electron chi connectivity index (χ2n) is 5.04. The average molecular weight is 311 g/mol. The van der Waals surface area contributed by atoms with Crippen molar-refractivity contribution >= 4 is 28.8 Å². The molecule has 1 amide bonds. The second-order valence-corrected chi connectivity index (χ2v) is 6.83. The molecule has 3 rings (SSSR count). The predicted molar refractivity (Wildman–Crippen MR) is 77.6 cm³/mol. The van der Waals surface area contributed by atoms with Gasteiger partial charge in [-0.1, -0.05) is 11.6 Å². The molecule has 0 fully saturated rings. The summed E-state index contributed by atoms with van der Waals surface area (Å²) in [6.07, 6.45) is 3.36. The molecule has 3 heterocycles. The van der Waals surface area contributed by atoms with Crippen LogP contribution in [0.4, 0.5) is 0 Å². The molecule has 0 bridgehead atoms. The van der Waals surface area contributed by atoms with E-state index in [1.165, 1.54) is 11.3 Å². The smallest absolute Gasteiger partial charge is 0.227 e. The van der Waals surface area contributed by atoms with Crippen molar-refractivity contribution in [3.63, 3.8) is 0 Å². The summed E-state index contributed by atoms with van der Waals surface area (Å²) in [6.45, 7) is 1.29. The normalized spacial score (nSPS) is 17.8. The van der Waals surface area contributed by atoms with Crippen LogP contribution in [0, 0.1) is 5.92 Å². The van der Waals surface area contributed by atoms with E-state index in [2.05, 4.69) is 10.2 Å². The third kappa shape index (κ3) is 2.71. The first-order valence-corrected chi connectivity index (χ1v) is 7.69. The van der Waals surface area contributed by atoms with Crippen LogP contribution in [-0.4, -0.2) is 32.6 Å². The number of nitrogens with zero attached hydrogens (tertiary/aromatic N) is 4. The molecule has 0 aliphatic carbocycles. The van der Waals surface area contributed by atoms with Crippen molar-refractivity contribution in [3.8, 4) is 0 Å². The fourth-order valence-electron chi connectivity index (χ4n) is 2.52. The molecular formula is C13H15ClN4OS. The van der Waals surface area contributed by atoms with Crippen molar-refractivity contribution in [2.45, 2.75) is 25.9 Å². The zero-order chi connectivity index (χ0) is 14.1. The van der Waals surface area contributed by atoms with Crippen LogP contribution in [0.5, 0.6) is 0 Å². The molecule has 0 radical (unpaired) electrons. The number of hydrogen-bond donors (Lipinski definition) is 0. The Hall–Kier alpha value is -1.40. The number of aromatic nitrogens is 3. The van der Waals surface area contributed by atoms with Crippen LogP contribution in [0.2, 0.25) is 4.34 Å². The molecular weight excluding hydrogens is 296 g/mol. The van der Waals surface area contributed by atoms with Gasteiger partial charge >= 0.3 is 0 Å². The van der Waals surface area contributed by atoms with Gasteiger partial charge in [-0.15, -0.1) is 21.5 Å². The summed E-state index contributed by atoms with van der Waals surface area (Å²) < 4.78 is 2.73. The van der Waals surface area contributed by atoms with Crippen LogP contribution in [0.1, 0.15) is 17.1 Å². The van der Waals surface area contributed by atoms with Crippen LogP contribution >= 0.6 is 22.9 Å². The molecule has 0 saturated carbocycles. The Morgan fingerprint density at radius 1 is 1.60 bits per heavy atom. The van der Waals surface area contributed by atoms with Crippen molar-refractivity contribution in [1.82, 2.24) is 19.7 Å². The van der Waals surface area contributed by atoms with E-state index in [0.29, 0.717) is 13.1 Å². The Bertz CT molecular complexity index is 623. The van der Waals surface area contributed by atoms with Crippen LogP contribution in [-0.2, 0) is 24.3 Å². The second kappa shape index (κ2) is 5.54. The largest absolute Gasteiger partial charge is 0.340 e. The Morgan fingerprint density at radius 2 is 2.45 bits per heavy atom. The van der Waals surface area contributed by atoms with Crippen LogP contribution in [0.3, 0.4) is 0 Å². The third-order valence-corrected chi connectivity index (χ3v) is 4.79. The van der Waals surface area contributed by atoms with E-state index in [0.717, 1.165) is 27.9 Å². The lowest BCUT2D eigenvalue weighted by Crippen LogP contribution is -2.36. The monoisotopic (exact) mass is 310 g/mol. The van der Waals surface area contributed by atoms with Crippen molar-refractivity contribution in [1.29, 1.82) is 0 Å². The maximum atomic E-state index is 12.5. The zero-order valence-electron chi connectivity index (χ0n) is 11.1. The summed E-state index contributed by atoms with van der Waals surface area (Å²) >= 11 is 7.43. The van der Waals surface area contributed by atoms with Gasteiger partial charge < -0.3 is 9.47 Å². The number of thiophene rings is 1. The number of carbonyl (C=O) groups is 1. The summed E-state index contributed by atoms with van der Waals surface area (Å²) in [7, 11) is 1.84. The highest BCUT2D eigenvalue weighted by molar-refractivity contribution is 7.16. The standard InChI is InChI=1S/C13H15ClN4OS/c1-17(7-10-3-4-11(14)20-10)13(19)9-2-5-12-16-15-8-18(12)6-9/h3-4,8-9H,2,5-7H2,1H3. The Balaban J connectivity index is 1.64. The highest BCUT2D eigenvalue weighted by Crippen LogP contribution is 2.24. The minimum Gasteiger partial charge on any atom is -0.340 e. The third-order valence-electron chi connectivity index (χ3n) is 3.58. The van der Waals surface area contributed by atoms with Crippen LogP contribution in [0.15, 0.2) is 18.5 Å². The van der Waals surface area contributed by atoms with Gasteiger partial charge in [0.2, 0.25) is 5.91 Å². The lowest BCUT2D eigenvalue weighted by Gasteiger charge is -2.26. The van der Waals surface area contributed by atoms with Crippen LogP contribution in [0.25, 0.3) is 0 Å². The molecule has 0 aromatic carbocycles. The first-order valence-electron chi connectivity index (χ1n) is 6.49. The maximum Gasteiger partial charge on any atom is 0.227 e. The SMILES string of the molecule is CN(Cc1ccc(Cl)s1)C(=O)C1CCc2nncn2C1. The predicted octanol–water partition coefficient (Wildman–Crippen LogP) is 2.21. The molecule has 1 unspecified atom stereocenters. The summed E-state index contributed by atoms with van der Waals surface area (Å²) in [4.78, 5) is 15.4.